The third kappa shape index (κ3) is 4.27. The van der Waals surface area contributed by atoms with Gasteiger partial charge in [0.1, 0.15) is 11.9 Å². The Morgan fingerprint density at radius 2 is 1.26 bits per heavy atom. The van der Waals surface area contributed by atoms with Crippen molar-refractivity contribution in [1.29, 1.82) is 0 Å². The van der Waals surface area contributed by atoms with Crippen molar-refractivity contribution in [3.63, 3.8) is 0 Å². The number of carbonyl (C=O) groups excluding carboxylic acids is 1. The summed E-state index contributed by atoms with van der Waals surface area (Å²) in [4.78, 5) is 13.1. The van der Waals surface area contributed by atoms with Crippen LogP contribution in [0, 0.1) is 6.92 Å². The summed E-state index contributed by atoms with van der Waals surface area (Å²) in [6.45, 7) is 2.84. The van der Waals surface area contributed by atoms with Gasteiger partial charge in [-0.05, 0) is 50.2 Å². The lowest BCUT2D eigenvalue weighted by Gasteiger charge is -2.26. The molecule has 43 heavy (non-hydrogen) atoms. The van der Waals surface area contributed by atoms with Gasteiger partial charge in [0.2, 0.25) is 0 Å². The Hall–Kier alpha value is -3.83. The first-order valence-corrected chi connectivity index (χ1v) is 14.7. The highest BCUT2D eigenvalue weighted by molar-refractivity contribution is 7.19. The molecule has 0 saturated heterocycles. The standard InChI is InChI=1S/C32H22F6O3S2/c1-16(41-29(39)18-12-14-19(40-3)15-13-18)28-25(21-9-5-7-11-23(21)43-28)27-26(30(33,34)32(37,38)31(27,35)36)24-17(2)42-22-10-6-4-8-20(22)24/h4-16H,1-3H3/t16-/m0/s1. The van der Waals surface area contributed by atoms with Crippen LogP contribution in [0.1, 0.15) is 44.3 Å². The van der Waals surface area contributed by atoms with Gasteiger partial charge in [0.15, 0.2) is 0 Å². The molecule has 1 atom stereocenters. The molecule has 222 valence electrons. The Labute approximate surface area is 250 Å². The molecular weight excluding hydrogens is 610 g/mol. The molecule has 0 N–H and O–H groups in total. The number of methoxy groups -OCH3 is 1. The molecule has 3 nitrogen and oxygen atoms in total. The van der Waals surface area contributed by atoms with Gasteiger partial charge in [0.25, 0.3) is 0 Å². The van der Waals surface area contributed by atoms with Crippen LogP contribution in [0.3, 0.4) is 0 Å². The number of alkyl halides is 6. The number of hydrogen-bond acceptors (Lipinski definition) is 5. The smallest absolute Gasteiger partial charge is 0.380 e. The van der Waals surface area contributed by atoms with Crippen LogP contribution >= 0.6 is 22.7 Å². The Morgan fingerprint density at radius 1 is 0.744 bits per heavy atom. The van der Waals surface area contributed by atoms with E-state index in [9.17, 15) is 4.79 Å². The molecule has 2 heterocycles. The molecule has 2 aromatic heterocycles. The van der Waals surface area contributed by atoms with Gasteiger partial charge in [-0.3, -0.25) is 0 Å². The number of hydrogen-bond donors (Lipinski definition) is 0. The molecule has 5 aromatic rings. The van der Waals surface area contributed by atoms with Gasteiger partial charge in [0.05, 0.1) is 17.6 Å². The summed E-state index contributed by atoms with van der Waals surface area (Å²) in [5, 5.41) is 0.249. The lowest BCUT2D eigenvalue weighted by Crippen LogP contribution is -2.49. The van der Waals surface area contributed by atoms with Crippen molar-refractivity contribution in [3.05, 3.63) is 99.2 Å². The molecule has 3 aromatic carbocycles. The van der Waals surface area contributed by atoms with Gasteiger partial charge in [-0.2, -0.15) is 26.3 Å². The molecule has 1 aliphatic carbocycles. The molecule has 0 fully saturated rings. The van der Waals surface area contributed by atoms with Crippen LogP contribution in [0.4, 0.5) is 26.3 Å². The first kappa shape index (κ1) is 29.3. The monoisotopic (exact) mass is 632 g/mol. The van der Waals surface area contributed by atoms with Crippen LogP contribution < -0.4 is 4.74 Å². The maximum absolute atomic E-state index is 16.0. The van der Waals surface area contributed by atoms with E-state index >= 15 is 26.3 Å². The molecule has 0 aliphatic heterocycles. The summed E-state index contributed by atoms with van der Waals surface area (Å²) in [7, 11) is 1.45. The van der Waals surface area contributed by atoms with Crippen LogP contribution in [0.15, 0.2) is 72.8 Å². The quantitative estimate of drug-likeness (QED) is 0.138. The molecule has 6 rings (SSSR count). The minimum absolute atomic E-state index is 0.0547. The average Bonchev–Trinajstić information content (AvgIpc) is 3.55. The molecular formula is C32H22F6O3S2. The second kappa shape index (κ2) is 10.1. The van der Waals surface area contributed by atoms with E-state index in [0.717, 1.165) is 22.7 Å². The number of fused-ring (bicyclic) bond motifs is 2. The molecule has 11 heteroatoms. The normalized spacial score (nSPS) is 17.9. The maximum atomic E-state index is 16.0. The lowest BCUT2D eigenvalue weighted by molar-refractivity contribution is -0.254. The van der Waals surface area contributed by atoms with Gasteiger partial charge < -0.3 is 9.47 Å². The Kier molecular flexibility index (Phi) is 6.89. The predicted molar refractivity (Wildman–Crippen MR) is 157 cm³/mol. The van der Waals surface area contributed by atoms with E-state index in [0.29, 0.717) is 15.1 Å². The zero-order valence-corrected chi connectivity index (χ0v) is 24.4. The van der Waals surface area contributed by atoms with Crippen molar-refractivity contribution in [2.75, 3.05) is 7.11 Å². The van der Waals surface area contributed by atoms with Crippen molar-refractivity contribution in [2.24, 2.45) is 0 Å². The summed E-state index contributed by atoms with van der Waals surface area (Å²) < 4.78 is 106. The lowest BCUT2D eigenvalue weighted by atomic mass is 9.91. The fourth-order valence-electron chi connectivity index (χ4n) is 5.49. The molecule has 0 amide bonds. The van der Waals surface area contributed by atoms with E-state index in [1.807, 2.05) is 0 Å². The Morgan fingerprint density at radius 3 is 1.84 bits per heavy atom. The van der Waals surface area contributed by atoms with E-state index in [2.05, 4.69) is 0 Å². The van der Waals surface area contributed by atoms with Gasteiger partial charge in [-0.25, -0.2) is 4.79 Å². The zero-order chi connectivity index (χ0) is 30.9. The summed E-state index contributed by atoms with van der Waals surface area (Å²) in [5.41, 5.74) is -3.59. The van der Waals surface area contributed by atoms with Crippen molar-refractivity contribution in [3.8, 4) is 5.75 Å². The number of aryl methyl sites for hydroxylation is 1. The highest BCUT2D eigenvalue weighted by Gasteiger charge is 2.80. The summed E-state index contributed by atoms with van der Waals surface area (Å²) >= 11 is 1.97. The molecule has 0 saturated carbocycles. The predicted octanol–water partition coefficient (Wildman–Crippen LogP) is 10.2. The van der Waals surface area contributed by atoms with Gasteiger partial charge in [-0.1, -0.05) is 36.4 Å². The first-order chi connectivity index (χ1) is 20.3. The number of allylic oxidation sites excluding steroid dienone is 2. The fourth-order valence-corrected chi connectivity index (χ4v) is 7.75. The molecule has 0 bridgehead atoms. The highest BCUT2D eigenvalue weighted by atomic mass is 32.1. The fraction of sp³-hybridized carbons (Fsp3) is 0.219. The van der Waals surface area contributed by atoms with Gasteiger partial charge in [0, 0.05) is 47.3 Å². The SMILES string of the molecule is COc1ccc(C(=O)O[C@@H](C)c2sc3ccccc3c2C2=C(c3c(C)sc4ccccc34)C(F)(F)C(F)(F)C2(F)F)cc1. The minimum Gasteiger partial charge on any atom is -0.497 e. The van der Waals surface area contributed by atoms with E-state index < -0.39 is 46.6 Å². The topological polar surface area (TPSA) is 35.5 Å². The van der Waals surface area contributed by atoms with Crippen LogP contribution in [0.25, 0.3) is 31.3 Å². The summed E-state index contributed by atoms with van der Waals surface area (Å²) in [6.07, 6.45) is -1.25. The summed E-state index contributed by atoms with van der Waals surface area (Å²) in [5.74, 6) is -16.5. The average molecular weight is 633 g/mol. The number of esters is 1. The second-order valence-corrected chi connectivity index (χ2v) is 12.5. The van der Waals surface area contributed by atoms with E-state index in [1.54, 1.807) is 24.3 Å². The minimum atomic E-state index is -5.73. The van der Waals surface area contributed by atoms with Crippen molar-refractivity contribution in [1.82, 2.24) is 0 Å². The van der Waals surface area contributed by atoms with Crippen LogP contribution in [-0.4, -0.2) is 30.8 Å². The van der Waals surface area contributed by atoms with Gasteiger partial charge in [-0.15, -0.1) is 22.7 Å². The Bertz CT molecular complexity index is 1920. The van der Waals surface area contributed by atoms with Crippen molar-refractivity contribution < 1.29 is 40.6 Å². The third-order valence-electron chi connectivity index (χ3n) is 7.54. The number of carbonyl (C=O) groups is 1. The first-order valence-electron chi connectivity index (χ1n) is 13.0. The van der Waals surface area contributed by atoms with Gasteiger partial charge >= 0.3 is 23.7 Å². The number of rotatable bonds is 6. The number of halogens is 6. The second-order valence-electron chi connectivity index (χ2n) is 10.1. The van der Waals surface area contributed by atoms with Crippen LogP contribution in [-0.2, 0) is 4.74 Å². The van der Waals surface area contributed by atoms with E-state index in [-0.39, 0.29) is 31.7 Å². The maximum Gasteiger partial charge on any atom is 0.380 e. The highest BCUT2D eigenvalue weighted by Crippen LogP contribution is 2.67. The molecule has 0 unspecified atom stereocenters. The molecule has 0 radical (unpaired) electrons. The molecule has 0 spiro atoms. The number of benzene rings is 3. The van der Waals surface area contributed by atoms with Crippen molar-refractivity contribution in [2.45, 2.75) is 37.7 Å². The zero-order valence-electron chi connectivity index (χ0n) is 22.8. The van der Waals surface area contributed by atoms with Crippen LogP contribution in [0.2, 0.25) is 0 Å². The van der Waals surface area contributed by atoms with E-state index in [4.69, 9.17) is 9.47 Å². The van der Waals surface area contributed by atoms with E-state index in [1.165, 1.54) is 69.5 Å². The number of thiophene rings is 2. The van der Waals surface area contributed by atoms with Crippen molar-refractivity contribution >= 4 is 60.0 Å². The van der Waals surface area contributed by atoms with Crippen LogP contribution in [0.5, 0.6) is 5.75 Å². The third-order valence-corrected chi connectivity index (χ3v) is 9.96. The number of ether oxygens (including phenoxy) is 2. The summed E-state index contributed by atoms with van der Waals surface area (Å²) in [6, 6.07) is 18.3. The molecule has 1 aliphatic rings. The largest absolute Gasteiger partial charge is 0.497 e. The Balaban J connectivity index is 1.61.